The fourth-order valence-electron chi connectivity index (χ4n) is 2.25. The van der Waals surface area contributed by atoms with Crippen molar-refractivity contribution in [3.05, 3.63) is 22.4 Å². The number of hydrogen-bond donors (Lipinski definition) is 1. The minimum absolute atomic E-state index is 0.162. The molecule has 0 saturated heterocycles. The second-order valence-corrected chi connectivity index (χ2v) is 6.48. The Morgan fingerprint density at radius 2 is 1.88 bits per heavy atom. The van der Waals surface area contributed by atoms with Gasteiger partial charge in [0.2, 0.25) is 0 Å². The van der Waals surface area contributed by atoms with Crippen LogP contribution in [0.3, 0.4) is 0 Å². The summed E-state index contributed by atoms with van der Waals surface area (Å²) in [5.41, 5.74) is 6.21. The van der Waals surface area contributed by atoms with Crippen molar-refractivity contribution in [2.45, 2.75) is 52.7 Å². The Morgan fingerprint density at radius 1 is 1.24 bits per heavy atom. The van der Waals surface area contributed by atoms with Crippen LogP contribution in [-0.4, -0.2) is 23.5 Å². The Hall–Kier alpha value is -0.380. The van der Waals surface area contributed by atoms with Crippen molar-refractivity contribution in [2.24, 2.45) is 11.7 Å². The van der Waals surface area contributed by atoms with E-state index in [0.717, 1.165) is 6.54 Å². The van der Waals surface area contributed by atoms with Gasteiger partial charge >= 0.3 is 0 Å². The Kier molecular flexibility index (Phi) is 5.63. The van der Waals surface area contributed by atoms with Gasteiger partial charge in [0.15, 0.2) is 0 Å². The summed E-state index contributed by atoms with van der Waals surface area (Å²) in [7, 11) is 0. The largest absolute Gasteiger partial charge is 0.326 e. The molecule has 0 radical (unpaired) electrons. The quantitative estimate of drug-likeness (QED) is 0.842. The van der Waals surface area contributed by atoms with Gasteiger partial charge in [0.1, 0.15) is 0 Å². The highest BCUT2D eigenvalue weighted by molar-refractivity contribution is 7.10. The van der Waals surface area contributed by atoms with Crippen LogP contribution < -0.4 is 5.73 Å². The monoisotopic (exact) mass is 254 g/mol. The average molecular weight is 254 g/mol. The molecule has 2 unspecified atom stereocenters. The van der Waals surface area contributed by atoms with Crippen molar-refractivity contribution >= 4 is 11.3 Å². The van der Waals surface area contributed by atoms with Crippen molar-refractivity contribution in [2.75, 3.05) is 6.54 Å². The summed E-state index contributed by atoms with van der Waals surface area (Å²) in [6.07, 6.45) is 0. The first kappa shape index (κ1) is 14.7. The summed E-state index contributed by atoms with van der Waals surface area (Å²) in [5, 5.41) is 2.14. The molecule has 2 atom stereocenters. The summed E-state index contributed by atoms with van der Waals surface area (Å²) >= 11 is 1.81. The first-order chi connectivity index (χ1) is 7.93. The maximum absolute atomic E-state index is 6.21. The molecule has 0 aliphatic rings. The van der Waals surface area contributed by atoms with Gasteiger partial charge in [-0.1, -0.05) is 19.9 Å². The number of hydrogen-bond acceptors (Lipinski definition) is 3. The van der Waals surface area contributed by atoms with Gasteiger partial charge in [-0.05, 0) is 38.1 Å². The standard InChI is InChI=1S/C14H26N2S/c1-10(2)9-16(11(3)4)14(12(5)15)13-7-6-8-17-13/h6-8,10-12,14H,9,15H2,1-5H3. The maximum Gasteiger partial charge on any atom is 0.0593 e. The molecule has 17 heavy (non-hydrogen) atoms. The predicted molar refractivity (Wildman–Crippen MR) is 77.4 cm³/mol. The fraction of sp³-hybridized carbons (Fsp3) is 0.714. The zero-order valence-corrected chi connectivity index (χ0v) is 12.5. The van der Waals surface area contributed by atoms with Crippen LogP contribution in [0.5, 0.6) is 0 Å². The summed E-state index contributed by atoms with van der Waals surface area (Å²) < 4.78 is 0. The van der Waals surface area contributed by atoms with Crippen LogP contribution in [0.1, 0.15) is 45.5 Å². The van der Waals surface area contributed by atoms with Crippen LogP contribution in [0.15, 0.2) is 17.5 Å². The molecule has 0 aromatic carbocycles. The number of nitrogens with two attached hydrogens (primary N) is 1. The van der Waals surface area contributed by atoms with E-state index in [2.05, 4.69) is 57.0 Å². The number of nitrogens with zero attached hydrogens (tertiary/aromatic N) is 1. The molecule has 0 amide bonds. The van der Waals surface area contributed by atoms with E-state index in [0.29, 0.717) is 18.0 Å². The molecule has 1 heterocycles. The highest BCUT2D eigenvalue weighted by atomic mass is 32.1. The summed E-state index contributed by atoms with van der Waals surface area (Å²) in [4.78, 5) is 3.91. The molecule has 2 N–H and O–H groups in total. The van der Waals surface area contributed by atoms with E-state index in [1.807, 2.05) is 11.3 Å². The topological polar surface area (TPSA) is 29.3 Å². The zero-order valence-electron chi connectivity index (χ0n) is 11.7. The predicted octanol–water partition coefficient (Wildman–Crippen LogP) is 3.50. The first-order valence-corrected chi connectivity index (χ1v) is 7.36. The SMILES string of the molecule is CC(C)CN(C(C)C)C(c1cccs1)C(C)N. The fourth-order valence-corrected chi connectivity index (χ4v) is 3.21. The van der Waals surface area contributed by atoms with Crippen molar-refractivity contribution in [1.29, 1.82) is 0 Å². The minimum Gasteiger partial charge on any atom is -0.326 e. The van der Waals surface area contributed by atoms with E-state index in [4.69, 9.17) is 5.73 Å². The highest BCUT2D eigenvalue weighted by Crippen LogP contribution is 2.29. The molecule has 0 fully saturated rings. The summed E-state index contributed by atoms with van der Waals surface area (Å²) in [5.74, 6) is 0.665. The van der Waals surface area contributed by atoms with Gasteiger partial charge in [0, 0.05) is 23.5 Å². The molecule has 1 aromatic heterocycles. The third-order valence-corrected chi connectivity index (χ3v) is 3.87. The van der Waals surface area contributed by atoms with Crippen LogP contribution in [0.4, 0.5) is 0 Å². The van der Waals surface area contributed by atoms with Crippen LogP contribution >= 0.6 is 11.3 Å². The normalized spacial score (nSPS) is 15.8. The van der Waals surface area contributed by atoms with Gasteiger partial charge in [-0.25, -0.2) is 0 Å². The third kappa shape index (κ3) is 4.09. The zero-order chi connectivity index (χ0) is 13.0. The van der Waals surface area contributed by atoms with Gasteiger partial charge in [0.25, 0.3) is 0 Å². The lowest BCUT2D eigenvalue weighted by Crippen LogP contribution is -2.44. The molecular weight excluding hydrogens is 228 g/mol. The highest BCUT2D eigenvalue weighted by Gasteiger charge is 2.27. The second-order valence-electron chi connectivity index (χ2n) is 5.50. The van der Waals surface area contributed by atoms with Crippen LogP contribution in [0.2, 0.25) is 0 Å². The number of rotatable bonds is 6. The molecule has 3 heteroatoms. The Labute approximate surface area is 110 Å². The molecule has 0 bridgehead atoms. The molecule has 1 aromatic rings. The molecule has 0 aliphatic carbocycles. The second kappa shape index (κ2) is 6.53. The van der Waals surface area contributed by atoms with Crippen LogP contribution in [0, 0.1) is 5.92 Å². The van der Waals surface area contributed by atoms with Crippen molar-refractivity contribution in [3.8, 4) is 0 Å². The van der Waals surface area contributed by atoms with Crippen molar-refractivity contribution < 1.29 is 0 Å². The van der Waals surface area contributed by atoms with Crippen molar-refractivity contribution in [3.63, 3.8) is 0 Å². The van der Waals surface area contributed by atoms with Gasteiger partial charge in [0.05, 0.1) is 6.04 Å². The minimum atomic E-state index is 0.162. The van der Waals surface area contributed by atoms with Gasteiger partial charge in [-0.2, -0.15) is 0 Å². The lowest BCUT2D eigenvalue weighted by Gasteiger charge is -2.38. The Morgan fingerprint density at radius 3 is 2.24 bits per heavy atom. The molecule has 2 nitrogen and oxygen atoms in total. The Bertz CT molecular complexity index is 304. The molecule has 0 aliphatic heterocycles. The molecule has 0 saturated carbocycles. The van der Waals surface area contributed by atoms with E-state index in [-0.39, 0.29) is 6.04 Å². The lowest BCUT2D eigenvalue weighted by atomic mass is 10.0. The molecule has 1 rings (SSSR count). The molecule has 98 valence electrons. The van der Waals surface area contributed by atoms with E-state index in [9.17, 15) is 0 Å². The molecular formula is C14H26N2S. The van der Waals surface area contributed by atoms with Crippen molar-refractivity contribution in [1.82, 2.24) is 4.90 Å². The van der Waals surface area contributed by atoms with E-state index < -0.39 is 0 Å². The van der Waals surface area contributed by atoms with Gasteiger partial charge < -0.3 is 5.73 Å². The first-order valence-electron chi connectivity index (χ1n) is 6.48. The summed E-state index contributed by atoms with van der Waals surface area (Å²) in [6, 6.07) is 5.35. The summed E-state index contributed by atoms with van der Waals surface area (Å²) in [6.45, 7) is 12.3. The lowest BCUT2D eigenvalue weighted by molar-refractivity contribution is 0.121. The van der Waals surface area contributed by atoms with Gasteiger partial charge in [-0.3, -0.25) is 4.90 Å². The average Bonchev–Trinajstić information content (AvgIpc) is 2.68. The third-order valence-electron chi connectivity index (χ3n) is 2.93. The van der Waals surface area contributed by atoms with E-state index in [1.54, 1.807) is 0 Å². The van der Waals surface area contributed by atoms with Crippen LogP contribution in [0.25, 0.3) is 0 Å². The van der Waals surface area contributed by atoms with E-state index >= 15 is 0 Å². The van der Waals surface area contributed by atoms with Gasteiger partial charge in [-0.15, -0.1) is 11.3 Å². The number of thiophene rings is 1. The Balaban J connectivity index is 2.94. The van der Waals surface area contributed by atoms with E-state index in [1.165, 1.54) is 4.88 Å². The molecule has 0 spiro atoms. The maximum atomic E-state index is 6.21. The van der Waals surface area contributed by atoms with Crippen LogP contribution in [-0.2, 0) is 0 Å². The smallest absolute Gasteiger partial charge is 0.0593 e.